The van der Waals surface area contributed by atoms with Crippen LogP contribution in [0.5, 0.6) is 0 Å². The number of rotatable bonds is 7. The quantitative estimate of drug-likeness (QED) is 0.430. The summed E-state index contributed by atoms with van der Waals surface area (Å²) in [5.41, 5.74) is 0.0671. The molecule has 15 heavy (non-hydrogen) atoms. The van der Waals surface area contributed by atoms with E-state index < -0.39 is 0 Å². The Labute approximate surface area is 95.9 Å². The fourth-order valence-electron chi connectivity index (χ4n) is 1.34. The van der Waals surface area contributed by atoms with Crippen molar-refractivity contribution in [2.45, 2.75) is 72.8 Å². The molecule has 1 heteroatoms. The fourth-order valence-corrected chi connectivity index (χ4v) is 1.34. The van der Waals surface area contributed by atoms with Crippen LogP contribution in [0, 0.1) is 5.41 Å². The first kappa shape index (κ1) is 14.5. The van der Waals surface area contributed by atoms with E-state index >= 15 is 0 Å². The normalized spacial score (nSPS) is 13.7. The Balaban J connectivity index is 3.65. The summed E-state index contributed by atoms with van der Waals surface area (Å²) in [6, 6.07) is 0. The van der Waals surface area contributed by atoms with Crippen molar-refractivity contribution < 1.29 is 4.74 Å². The first-order valence-corrected chi connectivity index (χ1v) is 6.24. The van der Waals surface area contributed by atoms with E-state index in [4.69, 9.17) is 4.74 Å². The van der Waals surface area contributed by atoms with Crippen LogP contribution >= 0.6 is 0 Å². The minimum absolute atomic E-state index is 0.0671. The van der Waals surface area contributed by atoms with Crippen LogP contribution in [-0.4, -0.2) is 6.10 Å². The van der Waals surface area contributed by atoms with Gasteiger partial charge < -0.3 is 4.74 Å². The Morgan fingerprint density at radius 2 is 1.80 bits per heavy atom. The van der Waals surface area contributed by atoms with Crippen LogP contribution in [0.4, 0.5) is 0 Å². The third-order valence-electron chi connectivity index (χ3n) is 2.64. The molecule has 0 bridgehead atoms. The van der Waals surface area contributed by atoms with Crippen molar-refractivity contribution in [1.29, 1.82) is 0 Å². The second-order valence-electron chi connectivity index (χ2n) is 5.45. The van der Waals surface area contributed by atoms with E-state index in [0.29, 0.717) is 6.10 Å². The van der Waals surface area contributed by atoms with E-state index in [1.54, 1.807) is 0 Å². The lowest BCUT2D eigenvalue weighted by atomic mass is 9.94. The highest BCUT2D eigenvalue weighted by Crippen LogP contribution is 2.26. The van der Waals surface area contributed by atoms with E-state index in [1.807, 2.05) is 0 Å². The standard InChI is InChI=1S/C14H28O/c1-7-8-9-10-11-12(2)15-13(3)14(4,5)6/h12H,3,7-11H2,1-2,4-6H3. The van der Waals surface area contributed by atoms with E-state index in [-0.39, 0.29) is 5.41 Å². The fraction of sp³-hybridized carbons (Fsp3) is 0.857. The van der Waals surface area contributed by atoms with Gasteiger partial charge in [-0.3, -0.25) is 0 Å². The zero-order chi connectivity index (χ0) is 11.9. The lowest BCUT2D eigenvalue weighted by Gasteiger charge is -2.25. The maximum atomic E-state index is 5.80. The van der Waals surface area contributed by atoms with Crippen LogP contribution in [0.15, 0.2) is 12.3 Å². The topological polar surface area (TPSA) is 9.23 Å². The molecule has 0 N–H and O–H groups in total. The molecule has 0 aliphatic heterocycles. The molecule has 0 rings (SSSR count). The van der Waals surface area contributed by atoms with Gasteiger partial charge in [0.15, 0.2) is 0 Å². The number of allylic oxidation sites excluding steroid dienone is 1. The van der Waals surface area contributed by atoms with Crippen molar-refractivity contribution in [3.8, 4) is 0 Å². The maximum Gasteiger partial charge on any atom is 0.0954 e. The smallest absolute Gasteiger partial charge is 0.0954 e. The van der Waals surface area contributed by atoms with Gasteiger partial charge in [0.1, 0.15) is 0 Å². The van der Waals surface area contributed by atoms with Crippen molar-refractivity contribution in [2.24, 2.45) is 5.41 Å². The summed E-state index contributed by atoms with van der Waals surface area (Å²) >= 11 is 0. The minimum Gasteiger partial charge on any atom is -0.495 e. The molecule has 0 saturated heterocycles. The van der Waals surface area contributed by atoms with E-state index in [0.717, 1.165) is 12.2 Å². The van der Waals surface area contributed by atoms with Gasteiger partial charge in [-0.1, -0.05) is 53.5 Å². The second-order valence-corrected chi connectivity index (χ2v) is 5.45. The SMILES string of the molecule is C=C(OC(C)CCCCCC)C(C)(C)C. The molecule has 1 nitrogen and oxygen atoms in total. The first-order chi connectivity index (χ1) is 6.88. The number of ether oxygens (including phenoxy) is 1. The molecule has 0 aromatic carbocycles. The van der Waals surface area contributed by atoms with Gasteiger partial charge in [-0.25, -0.2) is 0 Å². The number of hydrogen-bond donors (Lipinski definition) is 0. The molecule has 0 heterocycles. The molecule has 0 aliphatic carbocycles. The molecule has 1 atom stereocenters. The molecular weight excluding hydrogens is 184 g/mol. The summed E-state index contributed by atoms with van der Waals surface area (Å²) in [6.45, 7) is 14.8. The van der Waals surface area contributed by atoms with Gasteiger partial charge in [0.2, 0.25) is 0 Å². The van der Waals surface area contributed by atoms with Crippen molar-refractivity contribution >= 4 is 0 Å². The average Bonchev–Trinajstić information content (AvgIpc) is 2.11. The van der Waals surface area contributed by atoms with Gasteiger partial charge in [-0.2, -0.15) is 0 Å². The zero-order valence-electron chi connectivity index (χ0n) is 11.2. The highest BCUT2D eigenvalue weighted by Gasteiger charge is 2.18. The minimum atomic E-state index is 0.0671. The Morgan fingerprint density at radius 1 is 1.20 bits per heavy atom. The highest BCUT2D eigenvalue weighted by atomic mass is 16.5. The van der Waals surface area contributed by atoms with Gasteiger partial charge in [0, 0.05) is 5.41 Å². The Bertz CT molecular complexity index is 176. The molecule has 0 aromatic heterocycles. The average molecular weight is 212 g/mol. The van der Waals surface area contributed by atoms with Crippen molar-refractivity contribution in [2.75, 3.05) is 0 Å². The van der Waals surface area contributed by atoms with Crippen molar-refractivity contribution in [3.63, 3.8) is 0 Å². The number of unbranched alkanes of at least 4 members (excludes halogenated alkanes) is 3. The summed E-state index contributed by atoms with van der Waals surface area (Å²) in [5, 5.41) is 0. The molecular formula is C14H28O. The number of hydrogen-bond acceptors (Lipinski definition) is 1. The molecule has 0 aliphatic rings. The monoisotopic (exact) mass is 212 g/mol. The second kappa shape index (κ2) is 6.92. The van der Waals surface area contributed by atoms with E-state index in [2.05, 4.69) is 41.2 Å². The Hall–Kier alpha value is -0.460. The summed E-state index contributed by atoms with van der Waals surface area (Å²) in [4.78, 5) is 0. The highest BCUT2D eigenvalue weighted by molar-refractivity contribution is 4.96. The Morgan fingerprint density at radius 3 is 2.27 bits per heavy atom. The van der Waals surface area contributed by atoms with Gasteiger partial charge in [-0.05, 0) is 19.8 Å². The lowest BCUT2D eigenvalue weighted by Crippen LogP contribution is -2.17. The first-order valence-electron chi connectivity index (χ1n) is 6.24. The van der Waals surface area contributed by atoms with Gasteiger partial charge >= 0.3 is 0 Å². The third kappa shape index (κ3) is 7.47. The van der Waals surface area contributed by atoms with Crippen LogP contribution in [0.25, 0.3) is 0 Å². The van der Waals surface area contributed by atoms with Crippen LogP contribution in [0.3, 0.4) is 0 Å². The Kier molecular flexibility index (Phi) is 6.71. The summed E-state index contributed by atoms with van der Waals surface area (Å²) in [7, 11) is 0. The van der Waals surface area contributed by atoms with E-state index in [1.165, 1.54) is 25.7 Å². The molecule has 0 radical (unpaired) electrons. The van der Waals surface area contributed by atoms with Crippen LogP contribution < -0.4 is 0 Å². The summed E-state index contributed by atoms with van der Waals surface area (Å²) < 4.78 is 5.80. The summed E-state index contributed by atoms with van der Waals surface area (Å²) in [6.07, 6.45) is 6.69. The molecule has 90 valence electrons. The van der Waals surface area contributed by atoms with Crippen LogP contribution in [0.2, 0.25) is 0 Å². The molecule has 0 spiro atoms. The summed E-state index contributed by atoms with van der Waals surface area (Å²) in [5.74, 6) is 0.908. The maximum absolute atomic E-state index is 5.80. The molecule has 1 unspecified atom stereocenters. The van der Waals surface area contributed by atoms with Crippen molar-refractivity contribution in [3.05, 3.63) is 12.3 Å². The molecule has 0 aromatic rings. The van der Waals surface area contributed by atoms with Gasteiger partial charge in [0.25, 0.3) is 0 Å². The molecule has 0 saturated carbocycles. The zero-order valence-corrected chi connectivity index (χ0v) is 11.2. The van der Waals surface area contributed by atoms with Crippen LogP contribution in [0.1, 0.15) is 66.7 Å². The molecule has 0 amide bonds. The molecule has 0 fully saturated rings. The van der Waals surface area contributed by atoms with Crippen molar-refractivity contribution in [1.82, 2.24) is 0 Å². The van der Waals surface area contributed by atoms with Gasteiger partial charge in [0.05, 0.1) is 11.9 Å². The predicted molar refractivity (Wildman–Crippen MR) is 67.9 cm³/mol. The largest absolute Gasteiger partial charge is 0.495 e. The van der Waals surface area contributed by atoms with E-state index in [9.17, 15) is 0 Å². The predicted octanol–water partition coefficient (Wildman–Crippen LogP) is 4.92. The van der Waals surface area contributed by atoms with Gasteiger partial charge in [-0.15, -0.1) is 0 Å². The third-order valence-corrected chi connectivity index (χ3v) is 2.64. The van der Waals surface area contributed by atoms with Crippen LogP contribution in [-0.2, 0) is 4.74 Å². The lowest BCUT2D eigenvalue weighted by molar-refractivity contribution is 0.0820.